The number of methoxy groups -OCH3 is 2. The monoisotopic (exact) mass is 415 g/mol. The zero-order chi connectivity index (χ0) is 21.8. The van der Waals surface area contributed by atoms with Crippen molar-refractivity contribution < 1.29 is 23.8 Å². The quantitative estimate of drug-likeness (QED) is 0.343. The van der Waals surface area contributed by atoms with Crippen LogP contribution in [-0.2, 0) is 4.74 Å². The SMILES string of the molecule is COc1ccc(C(=O)OCC(=O)c2c(-c3ccccc3)[nH]c3ccccc23)cc1OC. The van der Waals surface area contributed by atoms with E-state index in [1.54, 1.807) is 12.1 Å². The molecule has 1 N–H and O–H groups in total. The van der Waals surface area contributed by atoms with Crippen molar-refractivity contribution in [2.75, 3.05) is 20.8 Å². The smallest absolute Gasteiger partial charge is 0.338 e. The maximum absolute atomic E-state index is 13.1. The van der Waals surface area contributed by atoms with Crippen LogP contribution in [0.25, 0.3) is 22.2 Å². The molecule has 0 saturated heterocycles. The van der Waals surface area contributed by atoms with Gasteiger partial charge in [-0.05, 0) is 29.8 Å². The third kappa shape index (κ3) is 4.00. The van der Waals surface area contributed by atoms with Crippen LogP contribution in [0.2, 0.25) is 0 Å². The number of aromatic amines is 1. The number of hydrogen-bond donors (Lipinski definition) is 1. The number of esters is 1. The molecule has 6 nitrogen and oxygen atoms in total. The lowest BCUT2D eigenvalue weighted by molar-refractivity contribution is 0.0475. The Hall–Kier alpha value is -4.06. The van der Waals surface area contributed by atoms with Crippen LogP contribution < -0.4 is 9.47 Å². The second-order valence-corrected chi connectivity index (χ2v) is 6.86. The molecule has 0 radical (unpaired) electrons. The summed E-state index contributed by atoms with van der Waals surface area (Å²) >= 11 is 0. The zero-order valence-electron chi connectivity index (χ0n) is 17.2. The Bertz CT molecular complexity index is 1240. The Morgan fingerprint density at radius 3 is 2.29 bits per heavy atom. The van der Waals surface area contributed by atoms with Crippen molar-refractivity contribution in [3.8, 4) is 22.8 Å². The third-order valence-corrected chi connectivity index (χ3v) is 5.00. The van der Waals surface area contributed by atoms with Crippen LogP contribution in [0.15, 0.2) is 72.8 Å². The molecule has 0 bridgehead atoms. The van der Waals surface area contributed by atoms with E-state index >= 15 is 0 Å². The molecule has 0 amide bonds. The van der Waals surface area contributed by atoms with E-state index in [1.807, 2.05) is 54.6 Å². The molecule has 0 unspecified atom stereocenters. The minimum absolute atomic E-state index is 0.271. The molecule has 4 aromatic rings. The number of carbonyl (C=O) groups excluding carboxylic acids is 2. The van der Waals surface area contributed by atoms with E-state index in [1.165, 1.54) is 20.3 Å². The van der Waals surface area contributed by atoms with Gasteiger partial charge in [0, 0.05) is 10.9 Å². The molecule has 0 aliphatic carbocycles. The highest BCUT2D eigenvalue weighted by Gasteiger charge is 2.21. The summed E-state index contributed by atoms with van der Waals surface area (Å²) in [5.74, 6) is 0.00762. The van der Waals surface area contributed by atoms with Gasteiger partial charge < -0.3 is 19.2 Å². The Balaban J connectivity index is 1.60. The van der Waals surface area contributed by atoms with E-state index in [0.29, 0.717) is 22.8 Å². The summed E-state index contributed by atoms with van der Waals surface area (Å²) in [6.07, 6.45) is 0. The molecule has 31 heavy (non-hydrogen) atoms. The summed E-state index contributed by atoms with van der Waals surface area (Å²) in [6.45, 7) is -0.380. The maximum Gasteiger partial charge on any atom is 0.338 e. The number of rotatable bonds is 7. The van der Waals surface area contributed by atoms with E-state index in [4.69, 9.17) is 14.2 Å². The number of fused-ring (bicyclic) bond motifs is 1. The molecular formula is C25H21NO5. The van der Waals surface area contributed by atoms with Crippen molar-refractivity contribution in [3.05, 3.63) is 83.9 Å². The molecule has 0 atom stereocenters. The number of nitrogens with one attached hydrogen (secondary N) is 1. The average Bonchev–Trinajstić information content (AvgIpc) is 3.22. The number of aromatic nitrogens is 1. The van der Waals surface area contributed by atoms with Crippen molar-refractivity contribution in [3.63, 3.8) is 0 Å². The highest BCUT2D eigenvalue weighted by atomic mass is 16.5. The number of carbonyl (C=O) groups is 2. The van der Waals surface area contributed by atoms with E-state index in [0.717, 1.165) is 16.5 Å². The second kappa shape index (κ2) is 8.75. The summed E-state index contributed by atoms with van der Waals surface area (Å²) in [6, 6.07) is 21.9. The number of para-hydroxylation sites is 1. The first kappa shape index (κ1) is 20.2. The topological polar surface area (TPSA) is 77.6 Å². The van der Waals surface area contributed by atoms with E-state index in [-0.39, 0.29) is 18.0 Å². The van der Waals surface area contributed by atoms with Crippen molar-refractivity contribution in [2.24, 2.45) is 0 Å². The van der Waals surface area contributed by atoms with Gasteiger partial charge in [0.15, 0.2) is 18.1 Å². The van der Waals surface area contributed by atoms with Crippen molar-refractivity contribution in [1.82, 2.24) is 4.98 Å². The summed E-state index contributed by atoms with van der Waals surface area (Å²) in [7, 11) is 3.00. The largest absolute Gasteiger partial charge is 0.493 e. The summed E-state index contributed by atoms with van der Waals surface area (Å²) in [4.78, 5) is 29.0. The normalized spacial score (nSPS) is 10.6. The molecule has 0 aliphatic heterocycles. The number of ether oxygens (including phenoxy) is 3. The Labute approximate surface area is 179 Å². The van der Waals surface area contributed by atoms with Crippen LogP contribution in [0, 0.1) is 0 Å². The van der Waals surface area contributed by atoms with Gasteiger partial charge in [0.2, 0.25) is 5.78 Å². The predicted octanol–water partition coefficient (Wildman–Crippen LogP) is 4.89. The molecular weight excluding hydrogens is 394 g/mol. The fraction of sp³-hybridized carbons (Fsp3) is 0.120. The highest BCUT2D eigenvalue weighted by Crippen LogP contribution is 2.31. The molecule has 0 spiro atoms. The molecule has 6 heteroatoms. The second-order valence-electron chi connectivity index (χ2n) is 6.86. The Morgan fingerprint density at radius 2 is 1.55 bits per heavy atom. The zero-order valence-corrected chi connectivity index (χ0v) is 17.2. The minimum Gasteiger partial charge on any atom is -0.493 e. The highest BCUT2D eigenvalue weighted by molar-refractivity contribution is 6.14. The van der Waals surface area contributed by atoms with Crippen LogP contribution >= 0.6 is 0 Å². The molecule has 1 heterocycles. The van der Waals surface area contributed by atoms with E-state index in [2.05, 4.69) is 4.98 Å². The first-order valence-corrected chi connectivity index (χ1v) is 9.71. The molecule has 0 aliphatic rings. The van der Waals surface area contributed by atoms with Gasteiger partial charge in [0.25, 0.3) is 0 Å². The molecule has 3 aromatic carbocycles. The van der Waals surface area contributed by atoms with Gasteiger partial charge in [0.05, 0.1) is 31.0 Å². The lowest BCUT2D eigenvalue weighted by atomic mass is 10.0. The third-order valence-electron chi connectivity index (χ3n) is 5.00. The van der Waals surface area contributed by atoms with Crippen LogP contribution in [0.4, 0.5) is 0 Å². The molecule has 4 rings (SSSR count). The number of ketones is 1. The van der Waals surface area contributed by atoms with Gasteiger partial charge in [-0.15, -0.1) is 0 Å². The van der Waals surface area contributed by atoms with Gasteiger partial charge >= 0.3 is 5.97 Å². The molecule has 1 aromatic heterocycles. The maximum atomic E-state index is 13.1. The lowest BCUT2D eigenvalue weighted by Crippen LogP contribution is -2.15. The average molecular weight is 415 g/mol. The first-order chi connectivity index (χ1) is 15.1. The van der Waals surface area contributed by atoms with Crippen LogP contribution in [0.1, 0.15) is 20.7 Å². The van der Waals surface area contributed by atoms with Gasteiger partial charge in [-0.2, -0.15) is 0 Å². The number of benzene rings is 3. The number of H-pyrrole nitrogens is 1. The van der Waals surface area contributed by atoms with Gasteiger partial charge in [-0.3, -0.25) is 4.79 Å². The van der Waals surface area contributed by atoms with Crippen LogP contribution in [-0.4, -0.2) is 37.6 Å². The Kier molecular flexibility index (Phi) is 5.71. The number of hydrogen-bond acceptors (Lipinski definition) is 5. The summed E-state index contributed by atoms with van der Waals surface area (Å²) in [5, 5.41) is 0.786. The summed E-state index contributed by atoms with van der Waals surface area (Å²) < 4.78 is 15.7. The van der Waals surface area contributed by atoms with Gasteiger partial charge in [-0.1, -0.05) is 48.5 Å². The first-order valence-electron chi connectivity index (χ1n) is 9.71. The number of Topliss-reactive ketones (excluding diaryl/α,β-unsaturated/α-hetero) is 1. The van der Waals surface area contributed by atoms with Crippen LogP contribution in [0.3, 0.4) is 0 Å². The van der Waals surface area contributed by atoms with Crippen molar-refractivity contribution in [2.45, 2.75) is 0 Å². The minimum atomic E-state index is -0.615. The van der Waals surface area contributed by atoms with E-state index < -0.39 is 5.97 Å². The Morgan fingerprint density at radius 1 is 0.839 bits per heavy atom. The fourth-order valence-electron chi connectivity index (χ4n) is 3.50. The van der Waals surface area contributed by atoms with Crippen molar-refractivity contribution >= 4 is 22.7 Å². The van der Waals surface area contributed by atoms with Crippen molar-refractivity contribution in [1.29, 1.82) is 0 Å². The van der Waals surface area contributed by atoms with Gasteiger partial charge in [0.1, 0.15) is 0 Å². The van der Waals surface area contributed by atoms with E-state index in [9.17, 15) is 9.59 Å². The fourth-order valence-corrected chi connectivity index (χ4v) is 3.50. The van der Waals surface area contributed by atoms with Crippen LogP contribution in [0.5, 0.6) is 11.5 Å². The predicted molar refractivity (Wildman–Crippen MR) is 118 cm³/mol. The molecule has 0 fully saturated rings. The standard InChI is InChI=1S/C25H21NO5/c1-29-21-13-12-17(14-22(21)30-2)25(28)31-15-20(27)23-18-10-6-7-11-19(18)26-24(23)16-8-4-3-5-9-16/h3-14,26H,15H2,1-2H3. The summed E-state index contributed by atoms with van der Waals surface area (Å²) in [5.41, 5.74) is 3.20. The molecule has 0 saturated carbocycles. The molecule has 156 valence electrons. The lowest BCUT2D eigenvalue weighted by Gasteiger charge is -2.10. The van der Waals surface area contributed by atoms with Gasteiger partial charge in [-0.25, -0.2) is 4.79 Å².